The van der Waals surface area contributed by atoms with E-state index in [0.29, 0.717) is 17.3 Å². The molecule has 1 aromatic carbocycles. The molecule has 0 unspecified atom stereocenters. The van der Waals surface area contributed by atoms with Gasteiger partial charge in [-0.05, 0) is 42.5 Å². The zero-order valence-electron chi connectivity index (χ0n) is 12.7. The Morgan fingerprint density at radius 3 is 2.74 bits per heavy atom. The van der Waals surface area contributed by atoms with Gasteiger partial charge in [0.25, 0.3) is 0 Å². The highest BCUT2D eigenvalue weighted by Gasteiger charge is 2.08. The Morgan fingerprint density at radius 1 is 1.17 bits per heavy atom. The van der Waals surface area contributed by atoms with Crippen LogP contribution in [0.5, 0.6) is 0 Å². The minimum absolute atomic E-state index is 0.100. The molecule has 0 atom stereocenters. The fourth-order valence-corrected chi connectivity index (χ4v) is 2.80. The number of thiophene rings is 1. The van der Waals surface area contributed by atoms with Gasteiger partial charge in [0, 0.05) is 22.1 Å². The Morgan fingerprint density at radius 2 is 2.00 bits per heavy atom. The summed E-state index contributed by atoms with van der Waals surface area (Å²) in [5.74, 6) is -0.302. The van der Waals surface area contributed by atoms with E-state index in [9.17, 15) is 9.59 Å². The SMILES string of the molecule is Cc1c(Cl)cccc1NC(=O)CNC(=O)NCCc1cccs1. The summed E-state index contributed by atoms with van der Waals surface area (Å²) in [6, 6.07) is 8.91. The lowest BCUT2D eigenvalue weighted by Crippen LogP contribution is -2.40. The molecular formula is C16H18ClN3O2S. The summed E-state index contributed by atoms with van der Waals surface area (Å²) in [7, 11) is 0. The molecule has 2 aromatic rings. The fraction of sp³-hybridized carbons (Fsp3) is 0.250. The standard InChI is InChI=1S/C16H18ClN3O2S/c1-11-13(17)5-2-6-14(11)20-15(21)10-19-16(22)18-8-7-12-4-3-9-23-12/h2-6,9H,7-8,10H2,1H3,(H,20,21)(H2,18,19,22). The van der Waals surface area contributed by atoms with Crippen LogP contribution >= 0.6 is 22.9 Å². The molecule has 122 valence electrons. The Hall–Kier alpha value is -2.05. The summed E-state index contributed by atoms with van der Waals surface area (Å²) in [5, 5.41) is 10.5. The van der Waals surface area contributed by atoms with Crippen LogP contribution in [0, 0.1) is 6.92 Å². The van der Waals surface area contributed by atoms with Gasteiger partial charge in [0.15, 0.2) is 0 Å². The van der Waals surface area contributed by atoms with Gasteiger partial charge in [-0.15, -0.1) is 11.3 Å². The van der Waals surface area contributed by atoms with Crippen LogP contribution in [0.15, 0.2) is 35.7 Å². The number of hydrogen-bond donors (Lipinski definition) is 3. The third kappa shape index (κ3) is 5.58. The van der Waals surface area contributed by atoms with E-state index in [1.807, 2.05) is 24.4 Å². The lowest BCUT2D eigenvalue weighted by atomic mass is 10.2. The number of carbonyl (C=O) groups is 2. The minimum atomic E-state index is -0.362. The van der Waals surface area contributed by atoms with E-state index < -0.39 is 0 Å². The molecule has 0 saturated heterocycles. The van der Waals surface area contributed by atoms with E-state index in [0.717, 1.165) is 12.0 Å². The number of amides is 3. The van der Waals surface area contributed by atoms with Crippen LogP contribution in [0.2, 0.25) is 5.02 Å². The van der Waals surface area contributed by atoms with Gasteiger partial charge in [0.05, 0.1) is 6.54 Å². The van der Waals surface area contributed by atoms with Gasteiger partial charge in [-0.2, -0.15) is 0 Å². The van der Waals surface area contributed by atoms with Crippen molar-refractivity contribution in [3.8, 4) is 0 Å². The molecule has 0 radical (unpaired) electrons. The molecule has 3 amide bonds. The maximum atomic E-state index is 11.8. The van der Waals surface area contributed by atoms with Crippen LogP contribution in [0.25, 0.3) is 0 Å². The molecule has 0 saturated carbocycles. The maximum Gasteiger partial charge on any atom is 0.315 e. The van der Waals surface area contributed by atoms with Crippen LogP contribution in [0.1, 0.15) is 10.4 Å². The zero-order valence-corrected chi connectivity index (χ0v) is 14.3. The second kappa shape index (κ2) is 8.55. The quantitative estimate of drug-likeness (QED) is 0.748. The first kappa shape index (κ1) is 17.3. The summed E-state index contributed by atoms with van der Waals surface area (Å²) in [4.78, 5) is 24.7. The molecule has 1 aromatic heterocycles. The number of urea groups is 1. The third-order valence-corrected chi connectivity index (χ3v) is 4.53. The van der Waals surface area contributed by atoms with Gasteiger partial charge in [0.2, 0.25) is 5.91 Å². The van der Waals surface area contributed by atoms with E-state index >= 15 is 0 Å². The fourth-order valence-electron chi connectivity index (χ4n) is 1.91. The van der Waals surface area contributed by atoms with Crippen LogP contribution in [0.4, 0.5) is 10.5 Å². The van der Waals surface area contributed by atoms with Gasteiger partial charge < -0.3 is 16.0 Å². The van der Waals surface area contributed by atoms with Crippen molar-refractivity contribution >= 4 is 40.6 Å². The molecule has 0 fully saturated rings. The van der Waals surface area contributed by atoms with Crippen molar-refractivity contribution in [1.29, 1.82) is 0 Å². The van der Waals surface area contributed by atoms with Crippen LogP contribution in [0.3, 0.4) is 0 Å². The van der Waals surface area contributed by atoms with Crippen molar-refractivity contribution in [2.24, 2.45) is 0 Å². The van der Waals surface area contributed by atoms with Gasteiger partial charge >= 0.3 is 6.03 Å². The Kier molecular flexibility index (Phi) is 6.43. The van der Waals surface area contributed by atoms with E-state index in [1.54, 1.807) is 29.5 Å². The van der Waals surface area contributed by atoms with E-state index in [2.05, 4.69) is 16.0 Å². The van der Waals surface area contributed by atoms with Gasteiger partial charge in [-0.25, -0.2) is 4.79 Å². The molecule has 23 heavy (non-hydrogen) atoms. The van der Waals surface area contributed by atoms with Crippen LogP contribution < -0.4 is 16.0 Å². The monoisotopic (exact) mass is 351 g/mol. The predicted octanol–water partition coefficient (Wildman–Crippen LogP) is 3.19. The van der Waals surface area contributed by atoms with E-state index in [1.165, 1.54) is 4.88 Å². The number of benzene rings is 1. The second-order valence-electron chi connectivity index (χ2n) is 4.90. The maximum absolute atomic E-state index is 11.8. The average Bonchev–Trinajstić information content (AvgIpc) is 3.03. The first-order valence-corrected chi connectivity index (χ1v) is 8.41. The minimum Gasteiger partial charge on any atom is -0.338 e. The average molecular weight is 352 g/mol. The number of anilines is 1. The molecule has 2 rings (SSSR count). The van der Waals surface area contributed by atoms with E-state index in [4.69, 9.17) is 11.6 Å². The molecule has 0 aliphatic rings. The van der Waals surface area contributed by atoms with Crippen LogP contribution in [-0.2, 0) is 11.2 Å². The first-order valence-electron chi connectivity index (χ1n) is 7.15. The zero-order chi connectivity index (χ0) is 16.7. The third-order valence-electron chi connectivity index (χ3n) is 3.19. The van der Waals surface area contributed by atoms with Crippen molar-refractivity contribution in [1.82, 2.24) is 10.6 Å². The molecule has 5 nitrogen and oxygen atoms in total. The largest absolute Gasteiger partial charge is 0.338 e. The Balaban J connectivity index is 1.69. The highest BCUT2D eigenvalue weighted by Crippen LogP contribution is 2.22. The van der Waals surface area contributed by atoms with Crippen molar-refractivity contribution in [2.75, 3.05) is 18.4 Å². The highest BCUT2D eigenvalue weighted by atomic mass is 35.5. The molecular weight excluding hydrogens is 334 g/mol. The number of halogens is 1. The molecule has 0 aliphatic carbocycles. The number of nitrogens with one attached hydrogen (secondary N) is 3. The summed E-state index contributed by atoms with van der Waals surface area (Å²) >= 11 is 7.64. The molecule has 1 heterocycles. The van der Waals surface area contributed by atoms with Gasteiger partial charge in [0.1, 0.15) is 0 Å². The molecule has 0 aliphatic heterocycles. The summed E-state index contributed by atoms with van der Waals surface area (Å²) in [5.41, 5.74) is 1.44. The molecule has 0 spiro atoms. The summed E-state index contributed by atoms with van der Waals surface area (Å²) in [6.45, 7) is 2.25. The predicted molar refractivity (Wildman–Crippen MR) is 94.2 cm³/mol. The van der Waals surface area contributed by atoms with Crippen molar-refractivity contribution in [3.63, 3.8) is 0 Å². The van der Waals surface area contributed by atoms with Crippen LogP contribution in [-0.4, -0.2) is 25.0 Å². The normalized spacial score (nSPS) is 10.2. The number of carbonyl (C=O) groups excluding carboxylic acids is 2. The topological polar surface area (TPSA) is 70.2 Å². The summed E-state index contributed by atoms with van der Waals surface area (Å²) < 4.78 is 0. The highest BCUT2D eigenvalue weighted by molar-refractivity contribution is 7.09. The van der Waals surface area contributed by atoms with Gasteiger partial charge in [-0.3, -0.25) is 4.79 Å². The first-order chi connectivity index (χ1) is 11.1. The second-order valence-corrected chi connectivity index (χ2v) is 6.34. The Labute approximate surface area is 144 Å². The lowest BCUT2D eigenvalue weighted by Gasteiger charge is -2.10. The van der Waals surface area contributed by atoms with Crippen molar-refractivity contribution in [2.45, 2.75) is 13.3 Å². The molecule has 3 N–H and O–H groups in total. The van der Waals surface area contributed by atoms with E-state index in [-0.39, 0.29) is 18.5 Å². The van der Waals surface area contributed by atoms with Gasteiger partial charge in [-0.1, -0.05) is 23.7 Å². The van der Waals surface area contributed by atoms with Crippen molar-refractivity contribution in [3.05, 3.63) is 51.2 Å². The Bertz CT molecular complexity index is 674. The molecule has 7 heteroatoms. The lowest BCUT2D eigenvalue weighted by molar-refractivity contribution is -0.115. The summed E-state index contributed by atoms with van der Waals surface area (Å²) in [6.07, 6.45) is 0.777. The number of rotatable bonds is 6. The van der Waals surface area contributed by atoms with Crippen molar-refractivity contribution < 1.29 is 9.59 Å². The smallest absolute Gasteiger partial charge is 0.315 e. The number of hydrogen-bond acceptors (Lipinski definition) is 3. The molecule has 0 bridgehead atoms.